The molecule has 0 aliphatic rings. The van der Waals surface area contributed by atoms with Crippen molar-refractivity contribution in [2.24, 2.45) is 11.8 Å². The zero-order valence-electron chi connectivity index (χ0n) is 10.0. The summed E-state index contributed by atoms with van der Waals surface area (Å²) in [5.74, 6) is 5.55. The zero-order chi connectivity index (χ0) is 12.8. The average molecular weight is 305 g/mol. The summed E-state index contributed by atoms with van der Waals surface area (Å²) in [4.78, 5) is 0. The number of hydrogen-bond donors (Lipinski definition) is 2. The lowest BCUT2D eigenvalue weighted by Crippen LogP contribution is -2.33. The van der Waals surface area contributed by atoms with E-state index in [1.807, 2.05) is 0 Å². The summed E-state index contributed by atoms with van der Waals surface area (Å²) >= 11 is 3.41. The SMILES string of the molecule is COCCC(C)C(NN)c1cc(F)ccc1Br. The normalized spacial score (nSPS) is 14.6. The number of hydrogen-bond acceptors (Lipinski definition) is 3. The maximum atomic E-state index is 13.2. The van der Waals surface area contributed by atoms with Gasteiger partial charge < -0.3 is 4.74 Å². The van der Waals surface area contributed by atoms with Gasteiger partial charge in [0.1, 0.15) is 5.82 Å². The van der Waals surface area contributed by atoms with Crippen LogP contribution in [0.15, 0.2) is 22.7 Å². The quantitative estimate of drug-likeness (QED) is 0.627. The first-order chi connectivity index (χ1) is 8.10. The Kier molecular flexibility index (Phi) is 6.05. The van der Waals surface area contributed by atoms with Gasteiger partial charge in [0, 0.05) is 24.2 Å². The van der Waals surface area contributed by atoms with E-state index in [-0.39, 0.29) is 17.8 Å². The highest BCUT2D eigenvalue weighted by Gasteiger charge is 2.20. The van der Waals surface area contributed by atoms with Crippen molar-refractivity contribution in [1.29, 1.82) is 0 Å². The lowest BCUT2D eigenvalue weighted by molar-refractivity contribution is 0.170. The predicted octanol–water partition coefficient (Wildman–Crippen LogP) is 2.77. The van der Waals surface area contributed by atoms with Crippen molar-refractivity contribution < 1.29 is 9.13 Å². The molecule has 0 aliphatic heterocycles. The van der Waals surface area contributed by atoms with Gasteiger partial charge in [-0.1, -0.05) is 22.9 Å². The van der Waals surface area contributed by atoms with Crippen molar-refractivity contribution >= 4 is 15.9 Å². The number of ether oxygens (including phenoxy) is 1. The largest absolute Gasteiger partial charge is 0.385 e. The van der Waals surface area contributed by atoms with Crippen LogP contribution < -0.4 is 11.3 Å². The number of hydrazine groups is 1. The summed E-state index contributed by atoms with van der Waals surface area (Å²) in [6.07, 6.45) is 0.855. The van der Waals surface area contributed by atoms with Gasteiger partial charge >= 0.3 is 0 Å². The molecule has 1 aromatic rings. The molecular weight excluding hydrogens is 287 g/mol. The number of rotatable bonds is 6. The molecule has 17 heavy (non-hydrogen) atoms. The Morgan fingerprint density at radius 3 is 2.82 bits per heavy atom. The molecule has 0 spiro atoms. The molecule has 3 N–H and O–H groups in total. The summed E-state index contributed by atoms with van der Waals surface area (Å²) < 4.78 is 19.1. The van der Waals surface area contributed by atoms with Crippen LogP contribution in [0, 0.1) is 11.7 Å². The van der Waals surface area contributed by atoms with Crippen LogP contribution in [0.5, 0.6) is 0 Å². The highest BCUT2D eigenvalue weighted by atomic mass is 79.9. The third kappa shape index (κ3) is 4.03. The summed E-state index contributed by atoms with van der Waals surface area (Å²) in [7, 11) is 1.66. The van der Waals surface area contributed by atoms with E-state index in [2.05, 4.69) is 28.3 Å². The first-order valence-electron chi connectivity index (χ1n) is 5.50. The third-order valence-electron chi connectivity index (χ3n) is 2.82. The Labute approximate surface area is 110 Å². The van der Waals surface area contributed by atoms with Crippen LogP contribution in [0.2, 0.25) is 0 Å². The summed E-state index contributed by atoms with van der Waals surface area (Å²) in [6, 6.07) is 4.51. The van der Waals surface area contributed by atoms with Crippen molar-refractivity contribution in [3.63, 3.8) is 0 Å². The summed E-state index contributed by atoms with van der Waals surface area (Å²) in [5.41, 5.74) is 3.57. The van der Waals surface area contributed by atoms with Gasteiger partial charge in [-0.25, -0.2) is 4.39 Å². The van der Waals surface area contributed by atoms with Crippen molar-refractivity contribution in [3.8, 4) is 0 Å². The Morgan fingerprint density at radius 2 is 2.24 bits per heavy atom. The van der Waals surface area contributed by atoms with E-state index in [1.165, 1.54) is 12.1 Å². The molecule has 0 heterocycles. The molecule has 3 nitrogen and oxygen atoms in total. The molecule has 0 saturated carbocycles. The highest BCUT2D eigenvalue weighted by molar-refractivity contribution is 9.10. The molecule has 0 aliphatic carbocycles. The molecule has 0 saturated heterocycles. The van der Waals surface area contributed by atoms with Crippen molar-refractivity contribution in [2.75, 3.05) is 13.7 Å². The molecule has 1 rings (SSSR count). The molecule has 0 bridgehead atoms. The van der Waals surface area contributed by atoms with Gasteiger partial charge in [-0.3, -0.25) is 11.3 Å². The maximum Gasteiger partial charge on any atom is 0.123 e. The van der Waals surface area contributed by atoms with Gasteiger partial charge in [-0.2, -0.15) is 0 Å². The predicted molar refractivity (Wildman–Crippen MR) is 69.8 cm³/mol. The topological polar surface area (TPSA) is 47.3 Å². The zero-order valence-corrected chi connectivity index (χ0v) is 11.6. The van der Waals surface area contributed by atoms with Gasteiger partial charge in [0.15, 0.2) is 0 Å². The fourth-order valence-corrected chi connectivity index (χ4v) is 2.28. The van der Waals surface area contributed by atoms with E-state index in [0.717, 1.165) is 16.5 Å². The van der Waals surface area contributed by atoms with Crippen LogP contribution in [-0.4, -0.2) is 13.7 Å². The third-order valence-corrected chi connectivity index (χ3v) is 3.54. The van der Waals surface area contributed by atoms with E-state index in [9.17, 15) is 4.39 Å². The first kappa shape index (κ1) is 14.6. The first-order valence-corrected chi connectivity index (χ1v) is 6.29. The second-order valence-corrected chi connectivity index (χ2v) is 4.92. The standard InChI is InChI=1S/C12H18BrFN2O/c1-8(5-6-17-2)12(16-15)10-7-9(14)3-4-11(10)13/h3-4,7-8,12,16H,5-6,15H2,1-2H3. The fourth-order valence-electron chi connectivity index (χ4n) is 1.78. The van der Waals surface area contributed by atoms with Gasteiger partial charge in [-0.15, -0.1) is 0 Å². The Bertz CT molecular complexity index is 362. The van der Waals surface area contributed by atoms with Crippen molar-refractivity contribution in [2.45, 2.75) is 19.4 Å². The molecule has 96 valence electrons. The fraction of sp³-hybridized carbons (Fsp3) is 0.500. The van der Waals surface area contributed by atoms with Crippen LogP contribution in [-0.2, 0) is 4.74 Å². The number of methoxy groups -OCH3 is 1. The second kappa shape index (κ2) is 7.06. The van der Waals surface area contributed by atoms with Crippen LogP contribution in [0.4, 0.5) is 4.39 Å². The second-order valence-electron chi connectivity index (χ2n) is 4.07. The molecule has 0 amide bonds. The Morgan fingerprint density at radius 1 is 1.53 bits per heavy atom. The molecule has 0 aromatic heterocycles. The smallest absolute Gasteiger partial charge is 0.123 e. The lowest BCUT2D eigenvalue weighted by atomic mass is 9.92. The van der Waals surface area contributed by atoms with Gasteiger partial charge in [-0.05, 0) is 36.1 Å². The lowest BCUT2D eigenvalue weighted by Gasteiger charge is -2.24. The van der Waals surface area contributed by atoms with E-state index in [4.69, 9.17) is 10.6 Å². The molecule has 2 atom stereocenters. The van der Waals surface area contributed by atoms with Gasteiger partial charge in [0.05, 0.1) is 0 Å². The van der Waals surface area contributed by atoms with E-state index in [1.54, 1.807) is 13.2 Å². The van der Waals surface area contributed by atoms with E-state index in [0.29, 0.717) is 6.61 Å². The number of halogens is 2. The van der Waals surface area contributed by atoms with Gasteiger partial charge in [0.2, 0.25) is 0 Å². The monoisotopic (exact) mass is 304 g/mol. The summed E-state index contributed by atoms with van der Waals surface area (Å²) in [6.45, 7) is 2.72. The van der Waals surface area contributed by atoms with Crippen molar-refractivity contribution in [3.05, 3.63) is 34.1 Å². The minimum Gasteiger partial charge on any atom is -0.385 e. The molecule has 1 aromatic carbocycles. The molecule has 5 heteroatoms. The van der Waals surface area contributed by atoms with Gasteiger partial charge in [0.25, 0.3) is 0 Å². The highest BCUT2D eigenvalue weighted by Crippen LogP contribution is 2.30. The summed E-state index contributed by atoms with van der Waals surface area (Å²) in [5, 5.41) is 0. The Balaban J connectivity index is 2.88. The van der Waals surface area contributed by atoms with Crippen LogP contribution in [0.25, 0.3) is 0 Å². The maximum absolute atomic E-state index is 13.2. The number of nitrogens with one attached hydrogen (secondary N) is 1. The minimum atomic E-state index is -0.262. The van der Waals surface area contributed by atoms with E-state index < -0.39 is 0 Å². The van der Waals surface area contributed by atoms with Crippen molar-refractivity contribution in [1.82, 2.24) is 5.43 Å². The van der Waals surface area contributed by atoms with Crippen LogP contribution in [0.1, 0.15) is 24.9 Å². The molecule has 0 fully saturated rings. The molecule has 2 unspecified atom stereocenters. The van der Waals surface area contributed by atoms with Crippen LogP contribution in [0.3, 0.4) is 0 Å². The number of nitrogens with two attached hydrogens (primary N) is 1. The van der Waals surface area contributed by atoms with E-state index >= 15 is 0 Å². The molecular formula is C12H18BrFN2O. The number of benzene rings is 1. The molecule has 0 radical (unpaired) electrons. The minimum absolute atomic E-state index is 0.102. The Hall–Kier alpha value is -0.490. The van der Waals surface area contributed by atoms with Crippen LogP contribution >= 0.6 is 15.9 Å². The average Bonchev–Trinajstić information content (AvgIpc) is 2.32.